The maximum atomic E-state index is 12.3. The summed E-state index contributed by atoms with van der Waals surface area (Å²) in [6, 6.07) is 1.73. The number of aromatic nitrogens is 1. The predicted octanol–water partition coefficient (Wildman–Crippen LogP) is 0.273. The Morgan fingerprint density at radius 2 is 2.44 bits per heavy atom. The molecule has 1 unspecified atom stereocenters. The zero-order chi connectivity index (χ0) is 13.1. The van der Waals surface area contributed by atoms with E-state index in [2.05, 4.69) is 10.4 Å². The number of anilines is 1. The number of carbonyl (C=O) groups excluding carboxylic acids is 1. The molecule has 0 bridgehead atoms. The van der Waals surface area contributed by atoms with Crippen LogP contribution < -0.4 is 11.3 Å². The van der Waals surface area contributed by atoms with Crippen molar-refractivity contribution in [1.82, 2.24) is 9.88 Å². The van der Waals surface area contributed by atoms with E-state index in [1.165, 1.54) is 6.20 Å². The fraction of sp³-hybridized carbons (Fsp3) is 0.500. The molecule has 1 aromatic heterocycles. The van der Waals surface area contributed by atoms with E-state index in [0.29, 0.717) is 24.3 Å². The van der Waals surface area contributed by atoms with E-state index in [9.17, 15) is 9.90 Å². The number of amides is 1. The summed E-state index contributed by atoms with van der Waals surface area (Å²) in [4.78, 5) is 18.1. The first-order chi connectivity index (χ1) is 8.61. The molecule has 6 heteroatoms. The van der Waals surface area contributed by atoms with Crippen LogP contribution in [-0.2, 0) is 0 Å². The minimum absolute atomic E-state index is 0.144. The molecule has 1 aliphatic heterocycles. The van der Waals surface area contributed by atoms with Crippen molar-refractivity contribution in [2.75, 3.05) is 18.5 Å². The maximum Gasteiger partial charge on any atom is 0.257 e. The number of carbonyl (C=O) groups is 1. The van der Waals surface area contributed by atoms with Gasteiger partial charge in [-0.2, -0.15) is 0 Å². The molecule has 0 aliphatic carbocycles. The summed E-state index contributed by atoms with van der Waals surface area (Å²) in [6.07, 6.45) is 2.65. The summed E-state index contributed by atoms with van der Waals surface area (Å²) < 4.78 is 0. The zero-order valence-corrected chi connectivity index (χ0v) is 10.4. The van der Waals surface area contributed by atoms with Crippen LogP contribution in [0.2, 0.25) is 0 Å². The third-order valence-electron chi connectivity index (χ3n) is 3.11. The molecule has 0 spiro atoms. The highest BCUT2D eigenvalue weighted by molar-refractivity contribution is 5.99. The van der Waals surface area contributed by atoms with Crippen molar-refractivity contribution in [1.29, 1.82) is 0 Å². The first-order valence-corrected chi connectivity index (χ1v) is 6.02. The van der Waals surface area contributed by atoms with E-state index in [4.69, 9.17) is 5.84 Å². The summed E-state index contributed by atoms with van der Waals surface area (Å²) in [5, 5.41) is 9.60. The van der Waals surface area contributed by atoms with E-state index in [1.807, 2.05) is 6.92 Å². The number of hydrogen-bond donors (Lipinski definition) is 3. The molecule has 1 atom stereocenters. The van der Waals surface area contributed by atoms with Crippen molar-refractivity contribution in [3.63, 3.8) is 0 Å². The summed E-state index contributed by atoms with van der Waals surface area (Å²) >= 11 is 0. The molecule has 1 aliphatic rings. The van der Waals surface area contributed by atoms with Gasteiger partial charge in [-0.25, -0.2) is 0 Å². The van der Waals surface area contributed by atoms with E-state index in [1.54, 1.807) is 11.0 Å². The van der Waals surface area contributed by atoms with Crippen molar-refractivity contribution < 1.29 is 9.90 Å². The molecule has 1 saturated heterocycles. The third-order valence-corrected chi connectivity index (χ3v) is 3.11. The van der Waals surface area contributed by atoms with Gasteiger partial charge in [-0.3, -0.25) is 15.6 Å². The first kappa shape index (κ1) is 12.8. The number of nitrogens with one attached hydrogen (secondary N) is 1. The number of nitrogens with two attached hydrogens (primary N) is 1. The lowest BCUT2D eigenvalue weighted by molar-refractivity contribution is 0.0474. The van der Waals surface area contributed by atoms with Gasteiger partial charge in [0.25, 0.3) is 5.91 Å². The van der Waals surface area contributed by atoms with Crippen LogP contribution >= 0.6 is 0 Å². The van der Waals surface area contributed by atoms with Gasteiger partial charge >= 0.3 is 0 Å². The average molecular weight is 250 g/mol. The summed E-state index contributed by atoms with van der Waals surface area (Å²) in [7, 11) is 0. The Kier molecular flexibility index (Phi) is 3.78. The van der Waals surface area contributed by atoms with Gasteiger partial charge in [0.15, 0.2) is 0 Å². The molecule has 98 valence electrons. The summed E-state index contributed by atoms with van der Waals surface area (Å²) in [5.41, 5.74) is 4.31. The van der Waals surface area contributed by atoms with E-state index >= 15 is 0 Å². The first-order valence-electron chi connectivity index (χ1n) is 6.02. The molecule has 4 N–H and O–H groups in total. The molecule has 0 radical (unpaired) electrons. The van der Waals surface area contributed by atoms with Gasteiger partial charge in [0, 0.05) is 25.0 Å². The lowest BCUT2D eigenvalue weighted by Crippen LogP contribution is -2.42. The normalized spacial score (nSPS) is 19.7. The highest BCUT2D eigenvalue weighted by Gasteiger charge is 2.24. The van der Waals surface area contributed by atoms with Crippen LogP contribution in [0.1, 0.15) is 28.9 Å². The number of hydrogen-bond acceptors (Lipinski definition) is 5. The van der Waals surface area contributed by atoms with Crippen LogP contribution in [0, 0.1) is 6.92 Å². The Hall–Kier alpha value is -1.66. The Bertz CT molecular complexity index is 450. The Morgan fingerprint density at radius 3 is 3.11 bits per heavy atom. The predicted molar refractivity (Wildman–Crippen MR) is 67.9 cm³/mol. The standard InChI is InChI=1S/C12H18N4O2/c1-8-5-11(15-13)10(6-14-8)12(18)16-4-2-3-9(17)7-16/h5-6,9,17H,2-4,7,13H2,1H3,(H,14,15). The smallest absolute Gasteiger partial charge is 0.257 e. The molecular weight excluding hydrogens is 232 g/mol. The average Bonchev–Trinajstić information content (AvgIpc) is 2.37. The van der Waals surface area contributed by atoms with Gasteiger partial charge < -0.3 is 15.4 Å². The number of pyridine rings is 1. The number of aryl methyl sites for hydroxylation is 1. The number of aliphatic hydroxyl groups excluding tert-OH is 1. The van der Waals surface area contributed by atoms with E-state index < -0.39 is 6.10 Å². The number of piperidine rings is 1. The van der Waals surface area contributed by atoms with Crippen molar-refractivity contribution >= 4 is 11.6 Å². The fourth-order valence-corrected chi connectivity index (χ4v) is 2.16. The number of aliphatic hydroxyl groups is 1. The van der Waals surface area contributed by atoms with Crippen molar-refractivity contribution in [3.8, 4) is 0 Å². The number of rotatable bonds is 2. The highest BCUT2D eigenvalue weighted by atomic mass is 16.3. The zero-order valence-electron chi connectivity index (χ0n) is 10.4. The number of hydrazine groups is 1. The largest absolute Gasteiger partial charge is 0.391 e. The second-order valence-electron chi connectivity index (χ2n) is 4.56. The van der Waals surface area contributed by atoms with Crippen LogP contribution in [0.25, 0.3) is 0 Å². The van der Waals surface area contributed by atoms with Gasteiger partial charge in [0.1, 0.15) is 0 Å². The molecule has 0 saturated carbocycles. The van der Waals surface area contributed by atoms with Crippen LogP contribution in [0.5, 0.6) is 0 Å². The van der Waals surface area contributed by atoms with Gasteiger partial charge in [0.2, 0.25) is 0 Å². The Morgan fingerprint density at radius 1 is 1.67 bits per heavy atom. The Labute approximate surface area is 106 Å². The minimum atomic E-state index is -0.435. The molecule has 1 aromatic rings. The van der Waals surface area contributed by atoms with Crippen LogP contribution in [0.15, 0.2) is 12.3 Å². The monoisotopic (exact) mass is 250 g/mol. The molecule has 1 amide bonds. The fourth-order valence-electron chi connectivity index (χ4n) is 2.16. The van der Waals surface area contributed by atoms with Crippen LogP contribution in [0.3, 0.4) is 0 Å². The van der Waals surface area contributed by atoms with E-state index in [-0.39, 0.29) is 5.91 Å². The summed E-state index contributed by atoms with van der Waals surface area (Å²) in [5.74, 6) is 5.27. The van der Waals surface area contributed by atoms with Crippen molar-refractivity contribution in [3.05, 3.63) is 23.5 Å². The van der Waals surface area contributed by atoms with Gasteiger partial charge in [-0.15, -0.1) is 0 Å². The number of likely N-dealkylation sites (tertiary alicyclic amines) is 1. The van der Waals surface area contributed by atoms with E-state index in [0.717, 1.165) is 18.5 Å². The Balaban J connectivity index is 2.22. The summed E-state index contributed by atoms with van der Waals surface area (Å²) in [6.45, 7) is 2.87. The molecule has 2 heterocycles. The quantitative estimate of drug-likeness (QED) is 0.518. The third kappa shape index (κ3) is 2.60. The second-order valence-corrected chi connectivity index (χ2v) is 4.56. The highest BCUT2D eigenvalue weighted by Crippen LogP contribution is 2.19. The van der Waals surface area contributed by atoms with Crippen LogP contribution in [-0.4, -0.2) is 40.1 Å². The molecule has 18 heavy (non-hydrogen) atoms. The van der Waals surface area contributed by atoms with Gasteiger partial charge in [-0.1, -0.05) is 0 Å². The molecule has 0 aromatic carbocycles. The topological polar surface area (TPSA) is 91.5 Å². The van der Waals surface area contributed by atoms with Crippen LogP contribution in [0.4, 0.5) is 5.69 Å². The molecule has 1 fully saturated rings. The number of β-amino-alcohol motifs (C(OH)–C–C–N with tert-alkyl or cyclic N) is 1. The maximum absolute atomic E-state index is 12.3. The lowest BCUT2D eigenvalue weighted by atomic mass is 10.1. The molecule has 2 rings (SSSR count). The van der Waals surface area contributed by atoms with Crippen molar-refractivity contribution in [2.24, 2.45) is 5.84 Å². The van der Waals surface area contributed by atoms with Crippen molar-refractivity contribution in [2.45, 2.75) is 25.9 Å². The van der Waals surface area contributed by atoms with Gasteiger partial charge in [-0.05, 0) is 25.8 Å². The lowest BCUT2D eigenvalue weighted by Gasteiger charge is -2.30. The minimum Gasteiger partial charge on any atom is -0.391 e. The molecular formula is C12H18N4O2. The number of nitrogens with zero attached hydrogens (tertiary/aromatic N) is 2. The van der Waals surface area contributed by atoms with Gasteiger partial charge in [0.05, 0.1) is 17.4 Å². The number of nitrogen functional groups attached to an aromatic ring is 1. The second kappa shape index (κ2) is 5.32. The SMILES string of the molecule is Cc1cc(NN)c(C(=O)N2CCCC(O)C2)cn1. The molecule has 6 nitrogen and oxygen atoms in total.